The van der Waals surface area contributed by atoms with Crippen molar-refractivity contribution in [3.8, 4) is 0 Å². The highest BCUT2D eigenvalue weighted by Gasteiger charge is 2.36. The summed E-state index contributed by atoms with van der Waals surface area (Å²) in [5.74, 6) is 0. The van der Waals surface area contributed by atoms with Crippen molar-refractivity contribution < 1.29 is 17.9 Å². The summed E-state index contributed by atoms with van der Waals surface area (Å²) in [5.41, 5.74) is 0. The summed E-state index contributed by atoms with van der Waals surface area (Å²) in [4.78, 5) is 0. The van der Waals surface area contributed by atoms with Crippen molar-refractivity contribution in [2.45, 2.75) is 26.1 Å². The van der Waals surface area contributed by atoms with Gasteiger partial charge in [-0.2, -0.15) is 13.2 Å². The monoisotopic (exact) mass is 142 g/mol. The molecule has 0 unspecified atom stereocenters. The molecule has 0 N–H and O–H groups in total. The van der Waals surface area contributed by atoms with Gasteiger partial charge in [0.25, 0.3) is 0 Å². The minimum absolute atomic E-state index is 0.0979. The zero-order chi connectivity index (χ0) is 7.49. The lowest BCUT2D eigenvalue weighted by atomic mass is 10.4. The summed E-state index contributed by atoms with van der Waals surface area (Å²) in [6.07, 6.45) is -5.85. The van der Waals surface area contributed by atoms with Crippen LogP contribution in [0.3, 0.4) is 0 Å². The van der Waals surface area contributed by atoms with Crippen molar-refractivity contribution in [1.29, 1.82) is 0 Å². The first-order valence-electron chi connectivity index (χ1n) is 2.66. The van der Waals surface area contributed by atoms with E-state index >= 15 is 0 Å². The summed E-state index contributed by atoms with van der Waals surface area (Å²) < 4.78 is 38.8. The highest BCUT2D eigenvalue weighted by molar-refractivity contribution is 4.59. The first-order chi connectivity index (χ1) is 3.98. The Morgan fingerprint density at radius 2 is 1.89 bits per heavy atom. The first kappa shape index (κ1) is 8.75. The number of halogens is 3. The second-order valence-electron chi connectivity index (χ2n) is 1.64. The van der Waals surface area contributed by atoms with Gasteiger partial charge in [0.15, 0.2) is 6.10 Å². The van der Waals surface area contributed by atoms with Crippen LogP contribution >= 0.6 is 0 Å². The zero-order valence-corrected chi connectivity index (χ0v) is 5.33. The third kappa shape index (κ3) is 3.35. The fraction of sp³-hybridized carbons (Fsp3) is 1.00. The molecule has 4 heteroatoms. The van der Waals surface area contributed by atoms with Crippen LogP contribution in [-0.4, -0.2) is 18.9 Å². The Bertz CT molecular complexity index is 78.8. The average Bonchev–Trinajstić information content (AvgIpc) is 1.64. The Balaban J connectivity index is 3.59. The molecule has 0 aromatic heterocycles. The minimum Gasteiger partial charge on any atom is -0.369 e. The Morgan fingerprint density at radius 1 is 1.44 bits per heavy atom. The van der Waals surface area contributed by atoms with Crippen LogP contribution in [0.1, 0.15) is 13.8 Å². The molecule has 0 amide bonds. The van der Waals surface area contributed by atoms with Crippen LogP contribution in [0.2, 0.25) is 0 Å². The molecule has 0 heterocycles. The lowest BCUT2D eigenvalue weighted by Gasteiger charge is -2.14. The van der Waals surface area contributed by atoms with Crippen molar-refractivity contribution in [3.63, 3.8) is 0 Å². The summed E-state index contributed by atoms with van der Waals surface area (Å²) in [6.45, 7) is 2.62. The first-order valence-corrected chi connectivity index (χ1v) is 2.66. The Labute approximate surface area is 51.8 Å². The van der Waals surface area contributed by atoms with Crippen LogP contribution in [0.5, 0.6) is 0 Å². The molecule has 0 radical (unpaired) electrons. The van der Waals surface area contributed by atoms with Crippen LogP contribution in [0, 0.1) is 0 Å². The molecule has 0 saturated heterocycles. The van der Waals surface area contributed by atoms with E-state index in [4.69, 9.17) is 0 Å². The molecule has 0 aromatic rings. The SMILES string of the molecule is CCO[C@H](C)C(F)(F)F. The highest BCUT2D eigenvalue weighted by Crippen LogP contribution is 2.21. The average molecular weight is 142 g/mol. The van der Waals surface area contributed by atoms with Gasteiger partial charge < -0.3 is 4.74 Å². The molecule has 1 atom stereocenters. The summed E-state index contributed by atoms with van der Waals surface area (Å²) in [5, 5.41) is 0. The van der Waals surface area contributed by atoms with E-state index < -0.39 is 12.3 Å². The van der Waals surface area contributed by atoms with E-state index in [9.17, 15) is 13.2 Å². The van der Waals surface area contributed by atoms with E-state index in [-0.39, 0.29) is 6.61 Å². The Hall–Kier alpha value is -0.250. The normalized spacial score (nSPS) is 15.7. The number of hydrogen-bond donors (Lipinski definition) is 0. The zero-order valence-electron chi connectivity index (χ0n) is 5.33. The van der Waals surface area contributed by atoms with Gasteiger partial charge >= 0.3 is 6.18 Å². The highest BCUT2D eigenvalue weighted by atomic mass is 19.4. The van der Waals surface area contributed by atoms with Gasteiger partial charge in [-0.25, -0.2) is 0 Å². The summed E-state index contributed by atoms with van der Waals surface area (Å²) in [6, 6.07) is 0. The quantitative estimate of drug-likeness (QED) is 0.572. The second kappa shape index (κ2) is 3.06. The maximum Gasteiger partial charge on any atom is 0.414 e. The van der Waals surface area contributed by atoms with E-state index in [2.05, 4.69) is 4.74 Å². The molecule has 1 nitrogen and oxygen atoms in total. The lowest BCUT2D eigenvalue weighted by Crippen LogP contribution is -2.28. The van der Waals surface area contributed by atoms with Gasteiger partial charge in [0.2, 0.25) is 0 Å². The summed E-state index contributed by atoms with van der Waals surface area (Å²) >= 11 is 0. The molecular weight excluding hydrogens is 133 g/mol. The molecule has 9 heavy (non-hydrogen) atoms. The summed E-state index contributed by atoms with van der Waals surface area (Å²) in [7, 11) is 0. The molecule has 56 valence electrons. The van der Waals surface area contributed by atoms with Crippen LogP contribution in [0.25, 0.3) is 0 Å². The van der Waals surface area contributed by atoms with E-state index in [0.717, 1.165) is 6.92 Å². The van der Waals surface area contributed by atoms with Gasteiger partial charge in [-0.05, 0) is 13.8 Å². The molecule has 0 bridgehead atoms. The van der Waals surface area contributed by atoms with Gasteiger partial charge in [0, 0.05) is 6.61 Å². The van der Waals surface area contributed by atoms with Crippen LogP contribution < -0.4 is 0 Å². The largest absolute Gasteiger partial charge is 0.414 e. The molecule has 0 aliphatic carbocycles. The number of hydrogen-bond acceptors (Lipinski definition) is 1. The van der Waals surface area contributed by atoms with E-state index in [1.165, 1.54) is 6.92 Å². The molecule has 0 aromatic carbocycles. The smallest absolute Gasteiger partial charge is 0.369 e. The molecule has 0 saturated carbocycles. The van der Waals surface area contributed by atoms with E-state index in [0.29, 0.717) is 0 Å². The third-order valence-corrected chi connectivity index (χ3v) is 0.878. The Kier molecular flexibility index (Phi) is 2.97. The molecule has 0 fully saturated rings. The maximum absolute atomic E-state index is 11.5. The van der Waals surface area contributed by atoms with Gasteiger partial charge in [-0.3, -0.25) is 0 Å². The van der Waals surface area contributed by atoms with Gasteiger partial charge in [0.1, 0.15) is 0 Å². The van der Waals surface area contributed by atoms with Crippen molar-refractivity contribution in [3.05, 3.63) is 0 Å². The van der Waals surface area contributed by atoms with E-state index in [1.807, 2.05) is 0 Å². The van der Waals surface area contributed by atoms with Crippen molar-refractivity contribution in [2.24, 2.45) is 0 Å². The predicted octanol–water partition coefficient (Wildman–Crippen LogP) is 1.97. The second-order valence-corrected chi connectivity index (χ2v) is 1.64. The predicted molar refractivity (Wildman–Crippen MR) is 27.1 cm³/mol. The topological polar surface area (TPSA) is 9.23 Å². The van der Waals surface area contributed by atoms with Crippen molar-refractivity contribution in [1.82, 2.24) is 0 Å². The molecular formula is C5H9F3O. The van der Waals surface area contributed by atoms with Crippen molar-refractivity contribution >= 4 is 0 Å². The van der Waals surface area contributed by atoms with Gasteiger partial charge in [-0.15, -0.1) is 0 Å². The fourth-order valence-electron chi connectivity index (χ4n) is 0.344. The van der Waals surface area contributed by atoms with Gasteiger partial charge in [-0.1, -0.05) is 0 Å². The van der Waals surface area contributed by atoms with E-state index in [1.54, 1.807) is 0 Å². The number of rotatable bonds is 2. The van der Waals surface area contributed by atoms with Crippen molar-refractivity contribution in [2.75, 3.05) is 6.61 Å². The standard InChI is InChI=1S/C5H9F3O/c1-3-9-4(2)5(6,7)8/h4H,3H2,1-2H3/t4-/m1/s1. The van der Waals surface area contributed by atoms with Gasteiger partial charge in [0.05, 0.1) is 0 Å². The third-order valence-electron chi connectivity index (χ3n) is 0.878. The maximum atomic E-state index is 11.5. The fourth-order valence-corrected chi connectivity index (χ4v) is 0.344. The molecule has 0 aliphatic rings. The number of ether oxygens (including phenoxy) is 1. The lowest BCUT2D eigenvalue weighted by molar-refractivity contribution is -0.212. The Morgan fingerprint density at radius 3 is 2.00 bits per heavy atom. The minimum atomic E-state index is -4.21. The molecule has 0 spiro atoms. The molecule has 0 aliphatic heterocycles. The number of alkyl halides is 3. The van der Waals surface area contributed by atoms with Crippen LogP contribution in [-0.2, 0) is 4.74 Å². The molecule has 0 rings (SSSR count). The van der Waals surface area contributed by atoms with Crippen LogP contribution in [0.4, 0.5) is 13.2 Å². The van der Waals surface area contributed by atoms with Crippen LogP contribution in [0.15, 0.2) is 0 Å².